The van der Waals surface area contributed by atoms with Crippen LogP contribution in [0, 0.1) is 0 Å². The molecule has 5 heteroatoms. The molecule has 0 atom stereocenters. The Morgan fingerprint density at radius 2 is 1.61 bits per heavy atom. The van der Waals surface area contributed by atoms with E-state index in [1.807, 2.05) is 30.3 Å². The number of nitrogens with one attached hydrogen (secondary N) is 2. The van der Waals surface area contributed by atoms with Gasteiger partial charge in [0.25, 0.3) is 0 Å². The fourth-order valence-corrected chi connectivity index (χ4v) is 2.09. The molecule has 2 rings (SSSR count). The molecule has 0 aliphatic heterocycles. The molecule has 2 aromatic carbocycles. The number of esters is 1. The van der Waals surface area contributed by atoms with Crippen molar-refractivity contribution in [2.75, 3.05) is 13.7 Å². The molecule has 2 aromatic rings. The summed E-state index contributed by atoms with van der Waals surface area (Å²) in [6.07, 6.45) is 0.794. The van der Waals surface area contributed by atoms with Gasteiger partial charge < -0.3 is 15.4 Å². The monoisotopic (exact) mass is 312 g/mol. The first-order valence-corrected chi connectivity index (χ1v) is 7.42. The maximum atomic E-state index is 11.7. The van der Waals surface area contributed by atoms with Crippen LogP contribution in [0.1, 0.15) is 21.5 Å². The Labute approximate surface area is 135 Å². The van der Waals surface area contributed by atoms with Crippen molar-refractivity contribution in [1.29, 1.82) is 0 Å². The minimum Gasteiger partial charge on any atom is -0.465 e. The lowest BCUT2D eigenvalue weighted by Gasteiger charge is -2.08. The van der Waals surface area contributed by atoms with Crippen molar-refractivity contribution >= 4 is 12.0 Å². The molecule has 2 amide bonds. The van der Waals surface area contributed by atoms with E-state index in [9.17, 15) is 9.59 Å². The van der Waals surface area contributed by atoms with Crippen molar-refractivity contribution in [3.63, 3.8) is 0 Å². The molecule has 0 aliphatic rings. The van der Waals surface area contributed by atoms with E-state index in [0.717, 1.165) is 12.0 Å². The fraction of sp³-hybridized carbons (Fsp3) is 0.222. The summed E-state index contributed by atoms with van der Waals surface area (Å²) in [6.45, 7) is 0.982. The Morgan fingerprint density at radius 1 is 0.913 bits per heavy atom. The topological polar surface area (TPSA) is 67.4 Å². The third-order valence-electron chi connectivity index (χ3n) is 3.37. The zero-order chi connectivity index (χ0) is 16.5. The molecule has 0 saturated carbocycles. The molecule has 0 aromatic heterocycles. The first-order valence-electron chi connectivity index (χ1n) is 7.42. The van der Waals surface area contributed by atoms with Crippen molar-refractivity contribution in [3.8, 4) is 0 Å². The molecule has 5 nitrogen and oxygen atoms in total. The standard InChI is InChI=1S/C18H20N2O3/c1-23-17(21)16-9-7-15(8-10-16)13-20-18(22)19-12-11-14-5-3-2-4-6-14/h2-10H,11-13H2,1H3,(H2,19,20,22). The number of carbonyl (C=O) groups excluding carboxylic acids is 2. The predicted octanol–water partition coefficient (Wildman–Crippen LogP) is 2.52. The maximum Gasteiger partial charge on any atom is 0.337 e. The molecule has 120 valence electrons. The molecule has 0 spiro atoms. The summed E-state index contributed by atoms with van der Waals surface area (Å²) in [5.74, 6) is -0.372. The van der Waals surface area contributed by atoms with E-state index < -0.39 is 0 Å². The number of methoxy groups -OCH3 is 1. The first-order chi connectivity index (χ1) is 11.2. The number of hydrogen-bond acceptors (Lipinski definition) is 3. The average molecular weight is 312 g/mol. The maximum absolute atomic E-state index is 11.7. The molecule has 0 fully saturated rings. The smallest absolute Gasteiger partial charge is 0.337 e. The lowest BCUT2D eigenvalue weighted by Crippen LogP contribution is -2.36. The Kier molecular flexibility index (Phi) is 6.17. The van der Waals surface area contributed by atoms with Crippen LogP contribution in [0.15, 0.2) is 54.6 Å². The van der Waals surface area contributed by atoms with Gasteiger partial charge in [-0.05, 0) is 29.7 Å². The Hall–Kier alpha value is -2.82. The third kappa shape index (κ3) is 5.47. The average Bonchev–Trinajstić information content (AvgIpc) is 2.60. The summed E-state index contributed by atoms with van der Waals surface area (Å²) in [5, 5.41) is 5.60. The SMILES string of the molecule is COC(=O)c1ccc(CNC(=O)NCCc2ccccc2)cc1. The van der Waals surface area contributed by atoms with Gasteiger partial charge in [0.1, 0.15) is 0 Å². The Balaban J connectivity index is 1.70. The highest BCUT2D eigenvalue weighted by Crippen LogP contribution is 2.05. The van der Waals surface area contributed by atoms with Crippen LogP contribution in [0.2, 0.25) is 0 Å². The van der Waals surface area contributed by atoms with Crippen LogP contribution in [-0.2, 0) is 17.7 Å². The van der Waals surface area contributed by atoms with Crippen LogP contribution in [0.25, 0.3) is 0 Å². The summed E-state index contributed by atoms with van der Waals surface area (Å²) in [4.78, 5) is 23.1. The quantitative estimate of drug-likeness (QED) is 0.805. The molecule has 0 heterocycles. The molecule has 0 bridgehead atoms. The van der Waals surface area contributed by atoms with Gasteiger partial charge in [-0.1, -0.05) is 42.5 Å². The van der Waals surface area contributed by atoms with Gasteiger partial charge >= 0.3 is 12.0 Å². The second kappa shape index (κ2) is 8.58. The molecule has 2 N–H and O–H groups in total. The molecule has 23 heavy (non-hydrogen) atoms. The van der Waals surface area contributed by atoms with E-state index in [1.54, 1.807) is 24.3 Å². The Morgan fingerprint density at radius 3 is 2.26 bits per heavy atom. The number of hydrogen-bond donors (Lipinski definition) is 2. The zero-order valence-electron chi connectivity index (χ0n) is 13.0. The molecule has 0 unspecified atom stereocenters. The van der Waals surface area contributed by atoms with Crippen LogP contribution in [-0.4, -0.2) is 25.7 Å². The number of amides is 2. The van der Waals surface area contributed by atoms with E-state index in [1.165, 1.54) is 12.7 Å². The van der Waals surface area contributed by atoms with Gasteiger partial charge in [0.05, 0.1) is 12.7 Å². The first kappa shape index (κ1) is 16.5. The molecule has 0 aliphatic carbocycles. The van der Waals surface area contributed by atoms with Crippen molar-refractivity contribution in [3.05, 3.63) is 71.3 Å². The highest BCUT2D eigenvalue weighted by molar-refractivity contribution is 5.89. The number of urea groups is 1. The van der Waals surface area contributed by atoms with Crippen LogP contribution < -0.4 is 10.6 Å². The third-order valence-corrected chi connectivity index (χ3v) is 3.37. The zero-order valence-corrected chi connectivity index (χ0v) is 13.0. The van der Waals surface area contributed by atoms with Crippen molar-refractivity contribution in [2.45, 2.75) is 13.0 Å². The van der Waals surface area contributed by atoms with Crippen LogP contribution in [0.5, 0.6) is 0 Å². The van der Waals surface area contributed by atoms with E-state index in [4.69, 9.17) is 0 Å². The van der Waals surface area contributed by atoms with Crippen LogP contribution >= 0.6 is 0 Å². The number of rotatable bonds is 6. The summed E-state index contributed by atoms with van der Waals surface area (Å²) < 4.78 is 4.64. The van der Waals surface area contributed by atoms with E-state index in [-0.39, 0.29) is 12.0 Å². The van der Waals surface area contributed by atoms with Gasteiger partial charge in [0, 0.05) is 13.1 Å². The minimum atomic E-state index is -0.372. The molecule has 0 saturated heterocycles. The summed E-state index contributed by atoms with van der Waals surface area (Å²) in [7, 11) is 1.34. The lowest BCUT2D eigenvalue weighted by molar-refractivity contribution is 0.0600. The predicted molar refractivity (Wildman–Crippen MR) is 88.2 cm³/mol. The summed E-state index contributed by atoms with van der Waals surface area (Å²) >= 11 is 0. The van der Waals surface area contributed by atoms with Crippen LogP contribution in [0.4, 0.5) is 4.79 Å². The molecular weight excluding hydrogens is 292 g/mol. The highest BCUT2D eigenvalue weighted by atomic mass is 16.5. The van der Waals surface area contributed by atoms with Crippen molar-refractivity contribution in [1.82, 2.24) is 10.6 Å². The van der Waals surface area contributed by atoms with Gasteiger partial charge in [0.15, 0.2) is 0 Å². The van der Waals surface area contributed by atoms with E-state index >= 15 is 0 Å². The largest absolute Gasteiger partial charge is 0.465 e. The molecular formula is C18H20N2O3. The van der Waals surface area contributed by atoms with Gasteiger partial charge in [0.2, 0.25) is 0 Å². The fourth-order valence-electron chi connectivity index (χ4n) is 2.09. The van der Waals surface area contributed by atoms with E-state index in [2.05, 4.69) is 15.4 Å². The van der Waals surface area contributed by atoms with Crippen molar-refractivity contribution in [2.24, 2.45) is 0 Å². The number of carbonyl (C=O) groups is 2. The molecule has 0 radical (unpaired) electrons. The normalized spacial score (nSPS) is 9.96. The lowest BCUT2D eigenvalue weighted by atomic mass is 10.1. The summed E-state index contributed by atoms with van der Waals surface area (Å²) in [6, 6.07) is 16.7. The van der Waals surface area contributed by atoms with Gasteiger partial charge in [-0.3, -0.25) is 0 Å². The van der Waals surface area contributed by atoms with Gasteiger partial charge in [-0.25, -0.2) is 9.59 Å². The second-order valence-electron chi connectivity index (χ2n) is 5.03. The van der Waals surface area contributed by atoms with E-state index in [0.29, 0.717) is 18.7 Å². The number of benzene rings is 2. The van der Waals surface area contributed by atoms with Gasteiger partial charge in [-0.2, -0.15) is 0 Å². The van der Waals surface area contributed by atoms with Crippen molar-refractivity contribution < 1.29 is 14.3 Å². The second-order valence-corrected chi connectivity index (χ2v) is 5.03. The minimum absolute atomic E-state index is 0.210. The van der Waals surface area contributed by atoms with Gasteiger partial charge in [-0.15, -0.1) is 0 Å². The highest BCUT2D eigenvalue weighted by Gasteiger charge is 2.05. The summed E-state index contributed by atoms with van der Waals surface area (Å²) in [5.41, 5.74) is 2.59. The number of ether oxygens (including phenoxy) is 1. The Bertz CT molecular complexity index is 639. The van der Waals surface area contributed by atoms with Crippen LogP contribution in [0.3, 0.4) is 0 Å².